The summed E-state index contributed by atoms with van der Waals surface area (Å²) < 4.78 is 11.3. The second-order valence-corrected chi connectivity index (χ2v) is 10.7. The summed E-state index contributed by atoms with van der Waals surface area (Å²) in [6, 6.07) is 7.85. The fourth-order valence-corrected chi connectivity index (χ4v) is 4.93. The van der Waals surface area contributed by atoms with E-state index < -0.39 is 22.9 Å². The minimum atomic E-state index is -1.70. The lowest BCUT2D eigenvalue weighted by atomic mass is 9.94. The Balaban J connectivity index is 1.52. The first-order valence-electron chi connectivity index (χ1n) is 12.1. The summed E-state index contributed by atoms with van der Waals surface area (Å²) >= 11 is 0. The van der Waals surface area contributed by atoms with Crippen LogP contribution in [0.3, 0.4) is 0 Å². The number of pyridine rings is 1. The van der Waals surface area contributed by atoms with Crippen LogP contribution in [0, 0.1) is 5.41 Å². The lowest BCUT2D eigenvalue weighted by Gasteiger charge is -2.31. The number of ether oxygens (including phenoxy) is 1. The van der Waals surface area contributed by atoms with Gasteiger partial charge in [0.25, 0.3) is 11.8 Å². The molecule has 1 saturated heterocycles. The van der Waals surface area contributed by atoms with Gasteiger partial charge >= 0.3 is 6.03 Å². The molecule has 0 aliphatic carbocycles. The number of urea groups is 1. The number of rotatable bonds is 6. The zero-order valence-corrected chi connectivity index (χ0v) is 21.9. The number of carbonyl (C=O) groups excluding carboxylic acids is 4. The lowest BCUT2D eigenvalue weighted by molar-refractivity contribution is -0.142. The summed E-state index contributed by atoms with van der Waals surface area (Å²) in [4.78, 5) is 61.4. The van der Waals surface area contributed by atoms with Crippen LogP contribution in [0.15, 0.2) is 47.1 Å². The van der Waals surface area contributed by atoms with Crippen LogP contribution in [0.1, 0.15) is 42.5 Å². The van der Waals surface area contributed by atoms with E-state index in [2.05, 4.69) is 10.3 Å². The molecule has 3 aromatic rings. The molecule has 5 amide bonds. The van der Waals surface area contributed by atoms with Crippen molar-refractivity contribution in [2.75, 3.05) is 27.4 Å². The van der Waals surface area contributed by atoms with Crippen molar-refractivity contribution in [2.45, 2.75) is 32.9 Å². The number of aromatic nitrogens is 1. The van der Waals surface area contributed by atoms with Gasteiger partial charge in [-0.3, -0.25) is 19.4 Å². The van der Waals surface area contributed by atoms with Crippen LogP contribution in [0.4, 0.5) is 4.79 Å². The lowest BCUT2D eigenvalue weighted by Crippen LogP contribution is -2.53. The highest BCUT2D eigenvalue weighted by molar-refractivity contribution is 6.08. The molecule has 0 saturated carbocycles. The first-order chi connectivity index (χ1) is 17.9. The van der Waals surface area contributed by atoms with E-state index in [4.69, 9.17) is 9.15 Å². The van der Waals surface area contributed by atoms with Crippen LogP contribution in [0.5, 0.6) is 5.75 Å². The van der Waals surface area contributed by atoms with E-state index in [1.807, 2.05) is 0 Å². The third-order valence-corrected chi connectivity index (χ3v) is 6.88. The molecule has 1 N–H and O–H groups in total. The number of hydrogen-bond acceptors (Lipinski definition) is 7. The van der Waals surface area contributed by atoms with E-state index >= 15 is 0 Å². The van der Waals surface area contributed by atoms with Crippen molar-refractivity contribution in [3.63, 3.8) is 0 Å². The van der Waals surface area contributed by atoms with Gasteiger partial charge < -0.3 is 24.3 Å². The van der Waals surface area contributed by atoms with E-state index in [9.17, 15) is 19.2 Å². The molecular weight excluding hydrogens is 490 g/mol. The molecule has 38 heavy (non-hydrogen) atoms. The Morgan fingerprint density at radius 1 is 1.21 bits per heavy atom. The molecule has 11 nitrogen and oxygen atoms in total. The summed E-state index contributed by atoms with van der Waals surface area (Å²) in [6.45, 7) is 5.10. The summed E-state index contributed by atoms with van der Waals surface area (Å²) in [5.41, 5.74) is -0.674. The number of nitrogens with zero attached hydrogens (tertiary/aromatic N) is 4. The smallest absolute Gasteiger partial charge is 0.326 e. The van der Waals surface area contributed by atoms with E-state index in [-0.39, 0.29) is 37.3 Å². The molecule has 1 atom stereocenters. The number of benzene rings is 1. The monoisotopic (exact) mass is 519 g/mol. The highest BCUT2D eigenvalue weighted by atomic mass is 16.5. The standard InChI is InChI=1S/C27H29N5O6/c1-26(2,3)23(34)30(4)15-32-24(35)27(29-25(32)36,21-10-17-12-28-9-8-20(17)38-21)14-31-13-16-6-7-18(37-5)11-19(16)22(31)33/h6-12H,13-15H2,1-5H3,(H,29,36)/t27-/m0/s1. The second kappa shape index (κ2) is 8.86. The molecule has 0 bridgehead atoms. The summed E-state index contributed by atoms with van der Waals surface area (Å²) in [7, 11) is 3.06. The number of imide groups is 1. The van der Waals surface area contributed by atoms with Gasteiger partial charge in [0.05, 0.1) is 13.7 Å². The van der Waals surface area contributed by atoms with Gasteiger partial charge in [-0.1, -0.05) is 26.8 Å². The first kappa shape index (κ1) is 25.2. The molecule has 198 valence electrons. The van der Waals surface area contributed by atoms with Crippen LogP contribution in [-0.4, -0.2) is 70.8 Å². The van der Waals surface area contributed by atoms with E-state index in [0.717, 1.165) is 10.5 Å². The number of fused-ring (bicyclic) bond motifs is 2. The Morgan fingerprint density at radius 3 is 2.66 bits per heavy atom. The predicted octanol–water partition coefficient (Wildman–Crippen LogP) is 2.70. The minimum absolute atomic E-state index is 0.173. The van der Waals surface area contributed by atoms with E-state index in [1.165, 1.54) is 24.0 Å². The van der Waals surface area contributed by atoms with Crippen molar-refractivity contribution >= 4 is 34.7 Å². The average Bonchev–Trinajstić information content (AvgIpc) is 3.52. The maximum atomic E-state index is 14.1. The Morgan fingerprint density at radius 2 is 1.97 bits per heavy atom. The number of methoxy groups -OCH3 is 1. The van der Waals surface area contributed by atoms with Crippen LogP contribution in [-0.2, 0) is 21.7 Å². The quantitative estimate of drug-likeness (QED) is 0.497. The van der Waals surface area contributed by atoms with Crippen molar-refractivity contribution < 1.29 is 28.3 Å². The Kier molecular flexibility index (Phi) is 5.89. The van der Waals surface area contributed by atoms with Crippen LogP contribution >= 0.6 is 0 Å². The van der Waals surface area contributed by atoms with Gasteiger partial charge in [-0.15, -0.1) is 0 Å². The van der Waals surface area contributed by atoms with Crippen LogP contribution in [0.2, 0.25) is 0 Å². The fraction of sp³-hybridized carbons (Fsp3) is 0.370. The molecule has 11 heteroatoms. The molecule has 0 radical (unpaired) electrons. The van der Waals surface area contributed by atoms with Crippen molar-refractivity contribution in [1.82, 2.24) is 25.0 Å². The summed E-state index contributed by atoms with van der Waals surface area (Å²) in [5, 5.41) is 3.43. The molecule has 1 aromatic carbocycles. The van der Waals surface area contributed by atoms with Crippen molar-refractivity contribution in [2.24, 2.45) is 5.41 Å². The first-order valence-corrected chi connectivity index (χ1v) is 12.1. The zero-order valence-electron chi connectivity index (χ0n) is 21.9. The number of furan rings is 1. The number of carbonyl (C=O) groups is 4. The highest BCUT2D eigenvalue weighted by Crippen LogP contribution is 2.37. The second-order valence-electron chi connectivity index (χ2n) is 10.7. The van der Waals surface area contributed by atoms with Crippen LogP contribution in [0.25, 0.3) is 11.0 Å². The number of hydrogen-bond donors (Lipinski definition) is 1. The predicted molar refractivity (Wildman–Crippen MR) is 136 cm³/mol. The molecule has 0 unspecified atom stereocenters. The summed E-state index contributed by atoms with van der Waals surface area (Å²) in [6.07, 6.45) is 3.15. The minimum Gasteiger partial charge on any atom is -0.497 e. The molecule has 2 aromatic heterocycles. The third kappa shape index (κ3) is 4.04. The average molecular weight is 520 g/mol. The van der Waals surface area contributed by atoms with Gasteiger partial charge in [0, 0.05) is 42.4 Å². The van der Waals surface area contributed by atoms with Gasteiger partial charge in [-0.25, -0.2) is 9.69 Å². The van der Waals surface area contributed by atoms with Gasteiger partial charge in [0.1, 0.15) is 23.8 Å². The van der Waals surface area contributed by atoms with E-state index in [0.29, 0.717) is 22.3 Å². The topological polar surface area (TPSA) is 125 Å². The van der Waals surface area contributed by atoms with Crippen LogP contribution < -0.4 is 10.1 Å². The molecule has 2 aliphatic rings. The SMILES string of the molecule is COc1ccc2c(c1)C(=O)N(C[C@@]1(c3cc4cnccc4o3)NC(=O)N(CN(C)C(=O)C(C)(C)C)C1=O)C2. The number of amides is 5. The van der Waals surface area contributed by atoms with Gasteiger partial charge in [0.2, 0.25) is 5.91 Å². The Hall–Kier alpha value is -4.41. The fourth-order valence-electron chi connectivity index (χ4n) is 4.93. The number of nitrogens with one attached hydrogen (secondary N) is 1. The maximum absolute atomic E-state index is 14.1. The van der Waals surface area contributed by atoms with Crippen molar-refractivity contribution in [3.8, 4) is 5.75 Å². The molecular formula is C27H29N5O6. The summed E-state index contributed by atoms with van der Waals surface area (Å²) in [5.74, 6) is -0.431. The third-order valence-electron chi connectivity index (χ3n) is 6.88. The molecule has 5 rings (SSSR count). The molecule has 4 heterocycles. The van der Waals surface area contributed by atoms with Gasteiger partial charge in [-0.05, 0) is 29.8 Å². The molecule has 1 fully saturated rings. The van der Waals surface area contributed by atoms with E-state index in [1.54, 1.807) is 63.5 Å². The largest absolute Gasteiger partial charge is 0.497 e. The maximum Gasteiger partial charge on any atom is 0.326 e. The zero-order chi connectivity index (χ0) is 27.4. The Bertz CT molecular complexity index is 1440. The van der Waals surface area contributed by atoms with Gasteiger partial charge in [-0.2, -0.15) is 0 Å². The normalized spacial score (nSPS) is 19.2. The highest BCUT2D eigenvalue weighted by Gasteiger charge is 2.57. The van der Waals surface area contributed by atoms with Gasteiger partial charge in [0.15, 0.2) is 5.54 Å². The Labute approximate surface area is 219 Å². The molecule has 0 spiro atoms. The molecule has 2 aliphatic heterocycles. The van der Waals surface area contributed by atoms with Crippen molar-refractivity contribution in [1.29, 1.82) is 0 Å². The van der Waals surface area contributed by atoms with Crippen molar-refractivity contribution in [3.05, 3.63) is 59.6 Å².